The number of pyridine rings is 1. The van der Waals surface area contributed by atoms with Crippen molar-refractivity contribution in [1.29, 1.82) is 0 Å². The molecule has 1 aromatic heterocycles. The average Bonchev–Trinajstić information content (AvgIpc) is 2.52. The van der Waals surface area contributed by atoms with Gasteiger partial charge in [-0.15, -0.1) is 0 Å². The number of hydrogen-bond acceptors (Lipinski definition) is 4. The Kier molecular flexibility index (Phi) is 4.90. The lowest BCUT2D eigenvalue weighted by atomic mass is 10.1. The van der Waals surface area contributed by atoms with Gasteiger partial charge >= 0.3 is 0 Å². The van der Waals surface area contributed by atoms with Gasteiger partial charge in [0.2, 0.25) is 0 Å². The van der Waals surface area contributed by atoms with Crippen molar-refractivity contribution in [1.82, 2.24) is 10.3 Å². The molecule has 5 nitrogen and oxygen atoms in total. The summed E-state index contributed by atoms with van der Waals surface area (Å²) in [5.74, 6) is 5.67. The van der Waals surface area contributed by atoms with E-state index in [0.717, 1.165) is 17.7 Å². The number of anilines is 1. The van der Waals surface area contributed by atoms with E-state index in [-0.39, 0.29) is 5.91 Å². The largest absolute Gasteiger partial charge is 0.348 e. The van der Waals surface area contributed by atoms with Crippen LogP contribution in [0, 0.1) is 6.92 Å². The molecule has 1 amide bonds. The number of nitrogens with one attached hydrogen (secondary N) is 2. The summed E-state index contributed by atoms with van der Waals surface area (Å²) in [5.41, 5.74) is 6.10. The molecule has 0 bridgehead atoms. The van der Waals surface area contributed by atoms with Crippen LogP contribution in [0.4, 0.5) is 5.82 Å². The van der Waals surface area contributed by atoms with Crippen LogP contribution in [0.5, 0.6) is 0 Å². The summed E-state index contributed by atoms with van der Waals surface area (Å²) in [5, 5.41) is 2.90. The van der Waals surface area contributed by atoms with Crippen LogP contribution in [0.2, 0.25) is 0 Å². The quantitative estimate of drug-likeness (QED) is 0.580. The molecular formula is C16H20N4O. The molecule has 2 rings (SSSR count). The highest BCUT2D eigenvalue weighted by atomic mass is 16.1. The molecular weight excluding hydrogens is 264 g/mol. The molecule has 0 spiro atoms. The number of amides is 1. The third kappa shape index (κ3) is 4.03. The topological polar surface area (TPSA) is 80.0 Å². The number of benzene rings is 1. The third-order valence-corrected chi connectivity index (χ3v) is 3.25. The molecule has 0 unspecified atom stereocenters. The first-order valence-electron chi connectivity index (χ1n) is 6.93. The Hall–Kier alpha value is -2.40. The molecule has 0 aliphatic rings. The number of hydrazine groups is 1. The molecule has 0 radical (unpaired) electrons. The van der Waals surface area contributed by atoms with Gasteiger partial charge in [0.1, 0.15) is 5.82 Å². The van der Waals surface area contributed by atoms with Gasteiger partial charge in [0.15, 0.2) is 0 Å². The zero-order chi connectivity index (χ0) is 15.2. The van der Waals surface area contributed by atoms with Crippen molar-refractivity contribution in [3.05, 3.63) is 58.8 Å². The first kappa shape index (κ1) is 15.0. The van der Waals surface area contributed by atoms with Crippen molar-refractivity contribution in [2.24, 2.45) is 5.84 Å². The monoisotopic (exact) mass is 284 g/mol. The Bertz CT molecular complexity index is 623. The SMILES string of the molecule is CCc1ccc(CNC(=O)c2cc(C)nc(NN)c2)cc1. The van der Waals surface area contributed by atoms with E-state index in [1.54, 1.807) is 12.1 Å². The third-order valence-electron chi connectivity index (χ3n) is 3.25. The number of carbonyl (C=O) groups excluding carboxylic acids is 1. The first-order valence-corrected chi connectivity index (χ1v) is 6.93. The smallest absolute Gasteiger partial charge is 0.251 e. The van der Waals surface area contributed by atoms with Crippen molar-refractivity contribution in [3.8, 4) is 0 Å². The number of aryl methyl sites for hydroxylation is 2. The van der Waals surface area contributed by atoms with E-state index in [4.69, 9.17) is 5.84 Å². The van der Waals surface area contributed by atoms with E-state index in [1.165, 1.54) is 5.56 Å². The lowest BCUT2D eigenvalue weighted by Crippen LogP contribution is -2.23. The molecule has 1 heterocycles. The average molecular weight is 284 g/mol. The number of aromatic nitrogens is 1. The fraction of sp³-hybridized carbons (Fsp3) is 0.250. The normalized spacial score (nSPS) is 10.2. The van der Waals surface area contributed by atoms with Gasteiger partial charge in [-0.25, -0.2) is 10.8 Å². The van der Waals surface area contributed by atoms with Crippen molar-refractivity contribution < 1.29 is 4.79 Å². The van der Waals surface area contributed by atoms with Crippen LogP contribution >= 0.6 is 0 Å². The fourth-order valence-corrected chi connectivity index (χ4v) is 2.05. The molecule has 0 saturated carbocycles. The first-order chi connectivity index (χ1) is 10.1. The van der Waals surface area contributed by atoms with Gasteiger partial charge in [-0.2, -0.15) is 0 Å². The van der Waals surface area contributed by atoms with Crippen LogP contribution in [0.1, 0.15) is 34.1 Å². The van der Waals surface area contributed by atoms with Crippen molar-refractivity contribution >= 4 is 11.7 Å². The molecule has 0 aliphatic heterocycles. The zero-order valence-electron chi connectivity index (χ0n) is 12.3. The van der Waals surface area contributed by atoms with Crippen LogP contribution in [-0.4, -0.2) is 10.9 Å². The summed E-state index contributed by atoms with van der Waals surface area (Å²) in [6, 6.07) is 11.6. The molecule has 110 valence electrons. The minimum Gasteiger partial charge on any atom is -0.348 e. The standard InChI is InChI=1S/C16H20N4O/c1-3-12-4-6-13(7-5-12)10-18-16(21)14-8-11(2)19-15(9-14)20-17/h4-9H,3,10,17H2,1-2H3,(H,18,21)(H,19,20). The lowest BCUT2D eigenvalue weighted by Gasteiger charge is -2.08. The molecule has 0 fully saturated rings. The van der Waals surface area contributed by atoms with Crippen LogP contribution in [0.3, 0.4) is 0 Å². The lowest BCUT2D eigenvalue weighted by molar-refractivity contribution is 0.0950. The van der Waals surface area contributed by atoms with Crippen LogP contribution in [0.15, 0.2) is 36.4 Å². The van der Waals surface area contributed by atoms with Gasteiger partial charge in [0.05, 0.1) is 0 Å². The molecule has 5 heteroatoms. The van der Waals surface area contributed by atoms with Crippen LogP contribution in [0.25, 0.3) is 0 Å². The number of rotatable bonds is 5. The summed E-state index contributed by atoms with van der Waals surface area (Å²) >= 11 is 0. The van der Waals surface area contributed by atoms with Crippen LogP contribution in [-0.2, 0) is 13.0 Å². The number of carbonyl (C=O) groups is 1. The van der Waals surface area contributed by atoms with E-state index in [0.29, 0.717) is 17.9 Å². The molecule has 1 aromatic carbocycles. The summed E-state index contributed by atoms with van der Waals surface area (Å²) in [6.45, 7) is 4.43. The predicted octanol–water partition coefficient (Wildman–Crippen LogP) is 2.17. The summed E-state index contributed by atoms with van der Waals surface area (Å²) in [6.07, 6.45) is 1.01. The number of nitrogens with zero attached hydrogens (tertiary/aromatic N) is 1. The molecule has 0 atom stereocenters. The Labute approximate surface area is 124 Å². The second-order valence-electron chi connectivity index (χ2n) is 4.88. The van der Waals surface area contributed by atoms with E-state index < -0.39 is 0 Å². The maximum atomic E-state index is 12.2. The summed E-state index contributed by atoms with van der Waals surface area (Å²) in [4.78, 5) is 16.3. The number of nitrogen functional groups attached to an aromatic ring is 1. The number of hydrogen-bond donors (Lipinski definition) is 3. The van der Waals surface area contributed by atoms with Gasteiger partial charge in [-0.05, 0) is 36.6 Å². The molecule has 0 aliphatic carbocycles. The number of nitrogens with two attached hydrogens (primary N) is 1. The fourth-order valence-electron chi connectivity index (χ4n) is 2.05. The van der Waals surface area contributed by atoms with Crippen molar-refractivity contribution in [2.45, 2.75) is 26.8 Å². The second kappa shape index (κ2) is 6.85. The highest BCUT2D eigenvalue weighted by Crippen LogP contribution is 2.10. The Morgan fingerprint density at radius 3 is 2.48 bits per heavy atom. The molecule has 4 N–H and O–H groups in total. The highest BCUT2D eigenvalue weighted by molar-refractivity contribution is 5.94. The Morgan fingerprint density at radius 1 is 1.19 bits per heavy atom. The summed E-state index contributed by atoms with van der Waals surface area (Å²) < 4.78 is 0. The Morgan fingerprint density at radius 2 is 1.86 bits per heavy atom. The van der Waals surface area contributed by atoms with Gasteiger partial charge in [-0.1, -0.05) is 31.2 Å². The van der Waals surface area contributed by atoms with E-state index in [2.05, 4.69) is 34.8 Å². The molecule has 2 aromatic rings. The van der Waals surface area contributed by atoms with Crippen molar-refractivity contribution in [2.75, 3.05) is 5.43 Å². The van der Waals surface area contributed by atoms with Gasteiger partial charge in [0, 0.05) is 17.8 Å². The van der Waals surface area contributed by atoms with Gasteiger partial charge in [-0.3, -0.25) is 4.79 Å². The van der Waals surface area contributed by atoms with E-state index >= 15 is 0 Å². The van der Waals surface area contributed by atoms with E-state index in [1.807, 2.05) is 19.1 Å². The van der Waals surface area contributed by atoms with Crippen molar-refractivity contribution in [3.63, 3.8) is 0 Å². The summed E-state index contributed by atoms with van der Waals surface area (Å²) in [7, 11) is 0. The maximum absolute atomic E-state index is 12.2. The minimum absolute atomic E-state index is 0.142. The predicted molar refractivity (Wildman–Crippen MR) is 83.8 cm³/mol. The van der Waals surface area contributed by atoms with E-state index in [9.17, 15) is 4.79 Å². The highest BCUT2D eigenvalue weighted by Gasteiger charge is 2.08. The van der Waals surface area contributed by atoms with Crippen LogP contribution < -0.4 is 16.6 Å². The molecule has 0 saturated heterocycles. The van der Waals surface area contributed by atoms with Gasteiger partial charge < -0.3 is 10.7 Å². The zero-order valence-corrected chi connectivity index (χ0v) is 12.3. The minimum atomic E-state index is -0.142. The molecule has 21 heavy (non-hydrogen) atoms. The Balaban J connectivity index is 2.02. The van der Waals surface area contributed by atoms with Gasteiger partial charge in [0.25, 0.3) is 5.91 Å². The second-order valence-corrected chi connectivity index (χ2v) is 4.88. The maximum Gasteiger partial charge on any atom is 0.251 e.